The summed E-state index contributed by atoms with van der Waals surface area (Å²) >= 11 is 0. The Hall–Kier alpha value is -3.39. The maximum absolute atomic E-state index is 12.1. The number of allylic oxidation sites excluding steroid dienone is 6. The summed E-state index contributed by atoms with van der Waals surface area (Å²) in [7, 11) is 3.22. The van der Waals surface area contributed by atoms with E-state index in [9.17, 15) is 9.59 Å². The molecule has 1 amide bonds. The fourth-order valence-electron chi connectivity index (χ4n) is 2.56. The van der Waals surface area contributed by atoms with Crippen LogP contribution < -0.4 is 21.7 Å². The Balaban J connectivity index is 2.42. The molecule has 0 fully saturated rings. The number of hydrogen-bond acceptors (Lipinski definition) is 6. The van der Waals surface area contributed by atoms with Gasteiger partial charge in [0, 0.05) is 37.1 Å². The molecule has 27 heavy (non-hydrogen) atoms. The molecule has 1 heterocycles. The van der Waals surface area contributed by atoms with Crippen LogP contribution in [0.15, 0.2) is 64.5 Å². The maximum Gasteiger partial charge on any atom is 0.280 e. The lowest BCUT2D eigenvalue weighted by molar-refractivity contribution is 0.0704. The van der Waals surface area contributed by atoms with Crippen LogP contribution in [0.5, 0.6) is 0 Å². The number of pyridine rings is 1. The van der Waals surface area contributed by atoms with E-state index in [1.54, 1.807) is 14.0 Å². The van der Waals surface area contributed by atoms with Crippen LogP contribution in [0.2, 0.25) is 0 Å². The molecule has 0 spiro atoms. The van der Waals surface area contributed by atoms with E-state index in [-0.39, 0.29) is 11.3 Å². The molecule has 0 saturated heterocycles. The predicted molar refractivity (Wildman–Crippen MR) is 104 cm³/mol. The van der Waals surface area contributed by atoms with Crippen molar-refractivity contribution < 1.29 is 10.0 Å². The van der Waals surface area contributed by atoms with Gasteiger partial charge in [0.05, 0.1) is 5.71 Å². The van der Waals surface area contributed by atoms with Crippen molar-refractivity contribution in [2.24, 2.45) is 7.05 Å². The second-order valence-electron chi connectivity index (χ2n) is 5.94. The molecular formula is C19H23N5O3. The molecule has 0 saturated carbocycles. The van der Waals surface area contributed by atoms with E-state index in [1.165, 1.54) is 29.4 Å². The summed E-state index contributed by atoms with van der Waals surface area (Å²) in [6, 6.07) is 1.29. The third-order valence-corrected chi connectivity index (χ3v) is 4.07. The van der Waals surface area contributed by atoms with Crippen LogP contribution in [0.1, 0.15) is 29.3 Å². The number of hydrogen-bond donors (Lipinski definition) is 5. The minimum Gasteiger partial charge on any atom is -0.374 e. The summed E-state index contributed by atoms with van der Waals surface area (Å²) in [5, 5.41) is 23.6. The van der Waals surface area contributed by atoms with Gasteiger partial charge in [-0.25, -0.2) is 5.48 Å². The number of carbonyl (C=O) groups excluding carboxylic acids is 1. The minimum atomic E-state index is -0.917. The zero-order chi connectivity index (χ0) is 20.0. The van der Waals surface area contributed by atoms with Gasteiger partial charge in [-0.05, 0) is 31.6 Å². The van der Waals surface area contributed by atoms with Crippen molar-refractivity contribution in [1.82, 2.24) is 20.7 Å². The van der Waals surface area contributed by atoms with Gasteiger partial charge in [-0.1, -0.05) is 18.2 Å². The molecule has 142 valence electrons. The zero-order valence-electron chi connectivity index (χ0n) is 15.5. The van der Waals surface area contributed by atoms with E-state index >= 15 is 0 Å². The number of rotatable bonds is 6. The van der Waals surface area contributed by atoms with Gasteiger partial charge in [0.25, 0.3) is 11.5 Å². The average molecular weight is 369 g/mol. The highest BCUT2D eigenvalue weighted by molar-refractivity contribution is 6.11. The minimum absolute atomic E-state index is 0.128. The molecular weight excluding hydrogens is 346 g/mol. The Morgan fingerprint density at radius 1 is 1.33 bits per heavy atom. The van der Waals surface area contributed by atoms with Gasteiger partial charge in [0.1, 0.15) is 11.4 Å². The van der Waals surface area contributed by atoms with E-state index in [2.05, 4.69) is 10.6 Å². The van der Waals surface area contributed by atoms with E-state index in [1.807, 2.05) is 30.4 Å². The van der Waals surface area contributed by atoms with Crippen LogP contribution in [-0.4, -0.2) is 28.4 Å². The number of aryl methyl sites for hydroxylation is 1. The van der Waals surface area contributed by atoms with Crippen LogP contribution in [0.3, 0.4) is 0 Å². The van der Waals surface area contributed by atoms with Gasteiger partial charge in [0.15, 0.2) is 0 Å². The second kappa shape index (κ2) is 8.81. The summed E-state index contributed by atoms with van der Waals surface area (Å²) in [6.07, 6.45) is 12.2. The molecule has 1 aliphatic carbocycles. The molecule has 5 N–H and O–H groups in total. The first-order valence-electron chi connectivity index (χ1n) is 8.32. The zero-order valence-corrected chi connectivity index (χ0v) is 15.5. The molecule has 8 nitrogen and oxygen atoms in total. The Bertz CT molecular complexity index is 935. The first kappa shape index (κ1) is 19.9. The highest BCUT2D eigenvalue weighted by Crippen LogP contribution is 2.12. The largest absolute Gasteiger partial charge is 0.374 e. The molecule has 0 aliphatic heterocycles. The van der Waals surface area contributed by atoms with Crippen LogP contribution in [0.25, 0.3) is 0 Å². The maximum atomic E-state index is 12.1. The monoisotopic (exact) mass is 369 g/mol. The fraction of sp³-hybridized carbons (Fsp3) is 0.211. The third-order valence-electron chi connectivity index (χ3n) is 4.07. The van der Waals surface area contributed by atoms with Crippen LogP contribution in [0.4, 0.5) is 0 Å². The average Bonchev–Trinajstić information content (AvgIpc) is 2.95. The molecule has 0 aromatic carbocycles. The number of amides is 1. The van der Waals surface area contributed by atoms with E-state index in [0.29, 0.717) is 17.0 Å². The Morgan fingerprint density at radius 2 is 2.07 bits per heavy atom. The van der Waals surface area contributed by atoms with Gasteiger partial charge < -0.3 is 15.2 Å². The van der Waals surface area contributed by atoms with E-state index < -0.39 is 11.5 Å². The first-order chi connectivity index (χ1) is 12.9. The second-order valence-corrected chi connectivity index (χ2v) is 5.94. The summed E-state index contributed by atoms with van der Waals surface area (Å²) in [5.41, 5.74) is 2.60. The van der Waals surface area contributed by atoms with Crippen LogP contribution in [-0.2, 0) is 7.05 Å². The Kier molecular flexibility index (Phi) is 6.51. The summed E-state index contributed by atoms with van der Waals surface area (Å²) in [4.78, 5) is 23.8. The van der Waals surface area contributed by atoms with Crippen molar-refractivity contribution in [3.05, 3.63) is 81.2 Å². The van der Waals surface area contributed by atoms with Gasteiger partial charge in [-0.2, -0.15) is 0 Å². The fourth-order valence-corrected chi connectivity index (χ4v) is 2.56. The van der Waals surface area contributed by atoms with Gasteiger partial charge in [0.2, 0.25) is 0 Å². The molecule has 1 aromatic rings. The molecule has 0 radical (unpaired) electrons. The summed E-state index contributed by atoms with van der Waals surface area (Å²) in [5.74, 6) is -0.299. The lowest BCUT2D eigenvalue weighted by Gasteiger charge is -2.16. The van der Waals surface area contributed by atoms with Crippen molar-refractivity contribution in [3.8, 4) is 0 Å². The number of aromatic nitrogens is 1. The smallest absolute Gasteiger partial charge is 0.280 e. The molecule has 1 aliphatic rings. The molecule has 0 bridgehead atoms. The predicted octanol–water partition coefficient (Wildman–Crippen LogP) is 1.31. The normalized spacial score (nSPS) is 14.0. The highest BCUT2D eigenvalue weighted by atomic mass is 16.5. The Labute approximate surface area is 157 Å². The third kappa shape index (κ3) is 4.62. The van der Waals surface area contributed by atoms with Gasteiger partial charge in [-0.15, -0.1) is 0 Å². The number of nitrogens with one attached hydrogen (secondary N) is 4. The molecule has 0 atom stereocenters. The lowest BCUT2D eigenvalue weighted by atomic mass is 10.0. The van der Waals surface area contributed by atoms with Crippen molar-refractivity contribution >= 4 is 11.6 Å². The summed E-state index contributed by atoms with van der Waals surface area (Å²) in [6.45, 7) is 1.76. The molecule has 2 rings (SSSR count). The quantitative estimate of drug-likeness (QED) is 0.294. The molecule has 0 unspecified atom stereocenters. The van der Waals surface area contributed by atoms with E-state index in [0.717, 1.165) is 12.1 Å². The molecule has 8 heteroatoms. The van der Waals surface area contributed by atoms with Crippen molar-refractivity contribution in [1.29, 1.82) is 5.41 Å². The SMILES string of the molecule is CN/C(NC1=CC=CCC=C1)=C(\C)C(=N)c1cc(C(=O)NO)c(=O)n(C)c1. The van der Waals surface area contributed by atoms with Crippen molar-refractivity contribution in [2.75, 3.05) is 7.05 Å². The number of nitrogens with zero attached hydrogens (tertiary/aromatic N) is 1. The van der Waals surface area contributed by atoms with Crippen molar-refractivity contribution in [2.45, 2.75) is 13.3 Å². The number of hydroxylamine groups is 1. The van der Waals surface area contributed by atoms with Gasteiger partial charge in [-0.3, -0.25) is 20.2 Å². The molecule has 1 aromatic heterocycles. The van der Waals surface area contributed by atoms with Gasteiger partial charge >= 0.3 is 0 Å². The van der Waals surface area contributed by atoms with E-state index in [4.69, 9.17) is 10.6 Å². The van der Waals surface area contributed by atoms with Crippen LogP contribution >= 0.6 is 0 Å². The standard InChI is InChI=1S/C19H23N5O3/c1-12(17(21-2)22-14-8-6-4-5-7-9-14)16(20)13-10-15(18(25)23-27)19(26)24(3)11-13/h4,6-11,20-22,27H,5H2,1-3H3,(H,23,25)/b17-12-,20-16?. The summed E-state index contributed by atoms with van der Waals surface area (Å²) < 4.78 is 1.20. The first-order valence-corrected chi connectivity index (χ1v) is 8.32. The Morgan fingerprint density at radius 3 is 2.74 bits per heavy atom. The lowest BCUT2D eigenvalue weighted by Crippen LogP contribution is -2.31. The number of carbonyl (C=O) groups is 1. The van der Waals surface area contributed by atoms with Crippen molar-refractivity contribution in [3.63, 3.8) is 0 Å². The highest BCUT2D eigenvalue weighted by Gasteiger charge is 2.16. The topological polar surface area (TPSA) is 119 Å². The van der Waals surface area contributed by atoms with Crippen LogP contribution in [0, 0.1) is 5.41 Å².